The summed E-state index contributed by atoms with van der Waals surface area (Å²) < 4.78 is 4.23. The first-order chi connectivity index (χ1) is 42.0. The number of hydrogen-bond donors (Lipinski definition) is 9. The summed E-state index contributed by atoms with van der Waals surface area (Å²) in [6.45, 7) is 0.164. The van der Waals surface area contributed by atoms with Gasteiger partial charge in [-0.3, -0.25) is 38.6 Å². The molecule has 0 unspecified atom stereocenters. The predicted octanol–water partition coefficient (Wildman–Crippen LogP) is 1.75. The van der Waals surface area contributed by atoms with E-state index >= 15 is 0 Å². The van der Waals surface area contributed by atoms with Crippen molar-refractivity contribution in [3.05, 3.63) is 157 Å². The van der Waals surface area contributed by atoms with E-state index in [4.69, 9.17) is 17.2 Å². The van der Waals surface area contributed by atoms with Gasteiger partial charge in [0.25, 0.3) is 5.82 Å². The van der Waals surface area contributed by atoms with Gasteiger partial charge in [-0.15, -0.1) is 0 Å². The summed E-state index contributed by atoms with van der Waals surface area (Å²) in [5, 5.41) is 31.8. The Labute approximate surface area is 503 Å². The van der Waals surface area contributed by atoms with E-state index < -0.39 is 78.5 Å². The number of allylic oxidation sites excluding steroid dienone is 6. The number of anilines is 2. The Bertz CT molecular complexity index is 3700. The second-order valence-electron chi connectivity index (χ2n) is 21.3. The number of benzene rings is 5. The molecule has 2 aliphatic rings. The number of aliphatic imine (C=N–C) groups is 1. The molecule has 7 amide bonds. The maximum Gasteiger partial charge on any atom is 0.282 e. The molecule has 0 fully saturated rings. The standard InChI is InChI=1S/C64H74N14O9/c1-75-50-30-28-42-20-11-13-22-44(42)58(50)77-36-32-52(79)68-34-16-15-24-46(60(65)84)73-62(86)48(38-41-18-7-6-8-19-41)74-63(87)49(39-57(82)83)72-54(81)40-70-61(85)47(25-17-35-69-64(66)67)71-53(80)33-37-78-56(27-10-5-3-4-9-26-55(75)77)76(2)51-31-29-43-21-12-14-23-45(43)59(51)78/h3-14,18-23,26-31,46-49H,15-17,24-25,32-40H2,1-2H3,(H12-,65,66,67,68,69,70,71,72,73,74,79,80,81,82,83,84,85,86,87)/t46-,47-,48+,49-/m0/s1. The monoisotopic (exact) mass is 1180 g/mol. The van der Waals surface area contributed by atoms with Gasteiger partial charge in [0, 0.05) is 68.8 Å². The molecule has 4 atom stereocenters. The molecule has 12 N–H and O–H groups in total. The van der Waals surface area contributed by atoms with Gasteiger partial charge in [-0.25, -0.2) is 9.13 Å². The van der Waals surface area contributed by atoms with E-state index in [1.165, 1.54) is 0 Å². The number of nitrogens with zero attached hydrogens (tertiary/aromatic N) is 5. The third-order valence-corrected chi connectivity index (χ3v) is 15.2. The van der Waals surface area contributed by atoms with Crippen molar-refractivity contribution in [3.63, 3.8) is 0 Å². The number of rotatable bonds is 9. The number of hydrogen-bond acceptors (Lipinski definition) is 12. The molecule has 5 aromatic carbocycles. The molecule has 0 saturated heterocycles. The lowest BCUT2D eigenvalue weighted by atomic mass is 10.0. The van der Waals surface area contributed by atoms with Crippen molar-refractivity contribution in [2.45, 2.75) is 88.5 Å². The number of nitrogens with two attached hydrogens (primary N) is 3. The van der Waals surface area contributed by atoms with Crippen molar-refractivity contribution in [1.82, 2.24) is 36.5 Å². The minimum absolute atomic E-state index is 0.0447. The van der Waals surface area contributed by atoms with Crippen LogP contribution in [-0.4, -0.2) is 115 Å². The van der Waals surface area contributed by atoms with Crippen LogP contribution in [0.5, 0.6) is 0 Å². The number of carbonyl (C=O) groups is 8. The number of nitrogens with one attached hydrogen (secondary N) is 6. The van der Waals surface area contributed by atoms with E-state index in [1.54, 1.807) is 30.3 Å². The molecule has 0 aliphatic carbocycles. The molecule has 2 aliphatic heterocycles. The van der Waals surface area contributed by atoms with E-state index in [9.17, 15) is 43.5 Å². The van der Waals surface area contributed by atoms with Gasteiger partial charge in [-0.2, -0.15) is 0 Å². The van der Waals surface area contributed by atoms with Gasteiger partial charge in [0.05, 0.1) is 37.9 Å². The molecule has 0 spiro atoms. The third-order valence-electron chi connectivity index (χ3n) is 15.2. The summed E-state index contributed by atoms with van der Waals surface area (Å²) in [6.07, 6.45) is 13.6. The Morgan fingerprint density at radius 3 is 2.10 bits per heavy atom. The van der Waals surface area contributed by atoms with Crippen molar-refractivity contribution in [2.24, 2.45) is 29.2 Å². The Hall–Kier alpha value is -10.3. The van der Waals surface area contributed by atoms with E-state index in [2.05, 4.69) is 75.2 Å². The number of amides is 7. The van der Waals surface area contributed by atoms with E-state index in [0.717, 1.165) is 55.6 Å². The van der Waals surface area contributed by atoms with Crippen LogP contribution >= 0.6 is 0 Å². The highest BCUT2D eigenvalue weighted by molar-refractivity contribution is 6.05. The molecule has 23 nitrogen and oxygen atoms in total. The smallest absolute Gasteiger partial charge is 0.282 e. The molecule has 23 heteroatoms. The van der Waals surface area contributed by atoms with E-state index in [1.807, 2.05) is 110 Å². The molecule has 0 radical (unpaired) electrons. The normalized spacial score (nSPS) is 21.1. The number of guanidine groups is 1. The quantitative estimate of drug-likeness (QED) is 0.0432. The second kappa shape index (κ2) is 30.0. The fourth-order valence-corrected chi connectivity index (χ4v) is 10.8. The molecule has 6 aromatic rings. The highest BCUT2D eigenvalue weighted by Crippen LogP contribution is 2.45. The zero-order chi connectivity index (χ0) is 62.0. The lowest BCUT2D eigenvalue weighted by Crippen LogP contribution is -2.58. The van der Waals surface area contributed by atoms with E-state index in [-0.39, 0.29) is 70.0 Å². The van der Waals surface area contributed by atoms with Gasteiger partial charge in [-0.1, -0.05) is 109 Å². The van der Waals surface area contributed by atoms with Crippen molar-refractivity contribution < 1.29 is 48.0 Å². The number of aliphatic carboxylic acids is 1. The first-order valence-electron chi connectivity index (χ1n) is 28.9. The number of aryl methyl sites for hydroxylation is 2. The van der Waals surface area contributed by atoms with Gasteiger partial charge in [0.15, 0.2) is 17.0 Å². The number of primary amides is 1. The van der Waals surface area contributed by atoms with Gasteiger partial charge in [-0.05, 0) is 78.8 Å². The first-order valence-corrected chi connectivity index (χ1v) is 28.9. The molecule has 1 aromatic heterocycles. The molecular formula is C64H74N14O9. The zero-order valence-electron chi connectivity index (χ0n) is 48.7. The second-order valence-corrected chi connectivity index (χ2v) is 21.3. The van der Waals surface area contributed by atoms with Crippen LogP contribution in [0.2, 0.25) is 0 Å². The first kappa shape index (κ1) is 62.7. The summed E-state index contributed by atoms with van der Waals surface area (Å²) >= 11 is 0. The van der Waals surface area contributed by atoms with Crippen molar-refractivity contribution in [2.75, 3.05) is 43.0 Å². The minimum Gasteiger partial charge on any atom is -0.550 e. The lowest BCUT2D eigenvalue weighted by Gasteiger charge is -2.25. The highest BCUT2D eigenvalue weighted by Gasteiger charge is 2.33. The summed E-state index contributed by atoms with van der Waals surface area (Å²) in [4.78, 5) is 116. The molecule has 0 saturated carbocycles. The maximum absolute atomic E-state index is 14.1. The predicted molar refractivity (Wildman–Crippen MR) is 331 cm³/mol. The Morgan fingerprint density at radius 2 is 1.36 bits per heavy atom. The SMILES string of the molecule is CN1\C2=C/C=C/C=C/C=C\c3n(C)c4ccc5ccccc5c4[n+]3CCC(=O)NCCCC[C@@H](C(N)=O)NC(=O)[C@@H](Cc3ccccc3)NC(=O)[C@H](CC(=O)[O-])NC(=O)CNC(=O)[C@H](CCCN=C(N)N)NC(=O)CCN2c2c1ccc1ccccc21. The molecule has 454 valence electrons. The summed E-state index contributed by atoms with van der Waals surface area (Å²) in [6, 6.07) is 27.2. The van der Waals surface area contributed by atoms with Gasteiger partial charge < -0.3 is 68.8 Å². The maximum atomic E-state index is 14.1. The number of fused-ring (bicyclic) bond motifs is 10. The third kappa shape index (κ3) is 16.5. The van der Waals surface area contributed by atoms with Crippen LogP contribution < -0.4 is 68.6 Å². The molecular weight excluding hydrogens is 1110 g/mol. The number of carbonyl (C=O) groups excluding carboxylic acids is 8. The van der Waals surface area contributed by atoms with Crippen molar-refractivity contribution in [1.29, 1.82) is 0 Å². The minimum atomic E-state index is -1.80. The number of aromatic nitrogens is 2. The number of carboxylic acids is 1. The van der Waals surface area contributed by atoms with Crippen LogP contribution in [0.4, 0.5) is 11.4 Å². The zero-order valence-corrected chi connectivity index (χ0v) is 48.7. The largest absolute Gasteiger partial charge is 0.550 e. The van der Waals surface area contributed by atoms with Crippen LogP contribution in [0.3, 0.4) is 0 Å². The average molecular weight is 1180 g/mol. The van der Waals surface area contributed by atoms with Crippen LogP contribution in [0.1, 0.15) is 62.8 Å². The lowest BCUT2D eigenvalue weighted by molar-refractivity contribution is -0.672. The van der Waals surface area contributed by atoms with Crippen LogP contribution in [-0.2, 0) is 58.4 Å². The molecule has 3 heterocycles. The Morgan fingerprint density at radius 1 is 0.678 bits per heavy atom. The van der Waals surface area contributed by atoms with Gasteiger partial charge in [0.2, 0.25) is 41.4 Å². The summed E-state index contributed by atoms with van der Waals surface area (Å²) in [5.41, 5.74) is 21.2. The van der Waals surface area contributed by atoms with Crippen LogP contribution in [0, 0.1) is 0 Å². The summed E-state index contributed by atoms with van der Waals surface area (Å²) in [7, 11) is 3.93. The molecule has 8 rings (SSSR count). The topological polar surface area (TPSA) is 338 Å². The average Bonchev–Trinajstić information content (AvgIpc) is 1.83. The van der Waals surface area contributed by atoms with Crippen molar-refractivity contribution in [3.8, 4) is 0 Å². The van der Waals surface area contributed by atoms with Gasteiger partial charge in [0.1, 0.15) is 30.0 Å². The number of imidazole rings is 1. The fourth-order valence-electron chi connectivity index (χ4n) is 10.8. The highest BCUT2D eigenvalue weighted by atomic mass is 16.4. The Kier molecular flexibility index (Phi) is 21.6. The molecule has 0 bridgehead atoms. The van der Waals surface area contributed by atoms with Crippen LogP contribution in [0.25, 0.3) is 38.7 Å². The number of carboxylic acid groups (broad SMARTS) is 1. The van der Waals surface area contributed by atoms with Crippen molar-refractivity contribution >= 4 is 103 Å². The van der Waals surface area contributed by atoms with Gasteiger partial charge >= 0.3 is 0 Å². The Balaban J connectivity index is 1.09. The van der Waals surface area contributed by atoms with E-state index in [0.29, 0.717) is 24.9 Å². The summed E-state index contributed by atoms with van der Waals surface area (Å²) in [5.74, 6) is -5.44. The van der Waals surface area contributed by atoms with Crippen LogP contribution in [0.15, 0.2) is 150 Å². The molecule has 87 heavy (non-hydrogen) atoms. The fraction of sp³-hybridized carbons (Fsp3) is 0.312.